The van der Waals surface area contributed by atoms with Crippen molar-refractivity contribution >= 4 is 0 Å². The van der Waals surface area contributed by atoms with Crippen molar-refractivity contribution in [2.75, 3.05) is 6.54 Å². The smallest absolute Gasteiger partial charge is 0.0862 e. The maximum absolute atomic E-state index is 5.64. The van der Waals surface area contributed by atoms with Crippen molar-refractivity contribution in [2.24, 2.45) is 11.7 Å². The summed E-state index contributed by atoms with van der Waals surface area (Å²) in [4.78, 5) is 0. The van der Waals surface area contributed by atoms with Crippen LogP contribution in [-0.2, 0) is 4.74 Å². The van der Waals surface area contributed by atoms with Gasteiger partial charge in [0.05, 0.1) is 11.7 Å². The molecular weight excluding hydrogens is 138 g/mol. The lowest BCUT2D eigenvalue weighted by molar-refractivity contribution is -0.230. The van der Waals surface area contributed by atoms with Crippen LogP contribution in [-0.4, -0.2) is 18.2 Å². The van der Waals surface area contributed by atoms with E-state index >= 15 is 0 Å². The van der Waals surface area contributed by atoms with Crippen molar-refractivity contribution in [1.82, 2.24) is 0 Å². The molecule has 2 heteroatoms. The third-order valence-corrected chi connectivity index (χ3v) is 2.87. The van der Waals surface area contributed by atoms with Crippen LogP contribution in [0.4, 0.5) is 0 Å². The first-order chi connectivity index (χ1) is 5.20. The first-order valence-electron chi connectivity index (χ1n) is 4.20. The summed E-state index contributed by atoms with van der Waals surface area (Å²) in [7, 11) is 0. The Morgan fingerprint density at radius 2 is 2.36 bits per heavy atom. The van der Waals surface area contributed by atoms with Crippen LogP contribution in [0, 0.1) is 5.92 Å². The molecule has 3 unspecified atom stereocenters. The van der Waals surface area contributed by atoms with Gasteiger partial charge in [0.2, 0.25) is 0 Å². The van der Waals surface area contributed by atoms with E-state index in [1.165, 1.54) is 0 Å². The third-order valence-electron chi connectivity index (χ3n) is 2.87. The molecule has 1 aliphatic rings. The molecule has 1 rings (SSSR count). The van der Waals surface area contributed by atoms with E-state index in [0.717, 1.165) is 6.42 Å². The van der Waals surface area contributed by atoms with Gasteiger partial charge in [0, 0.05) is 12.5 Å². The molecule has 64 valence electrons. The van der Waals surface area contributed by atoms with Crippen LogP contribution in [0.5, 0.6) is 0 Å². The molecule has 0 amide bonds. The Labute approximate surface area is 68.4 Å². The van der Waals surface area contributed by atoms with Gasteiger partial charge in [-0.2, -0.15) is 0 Å². The zero-order valence-electron chi connectivity index (χ0n) is 7.34. The molecule has 0 saturated carbocycles. The fraction of sp³-hybridized carbons (Fsp3) is 0.778. The molecule has 11 heavy (non-hydrogen) atoms. The van der Waals surface area contributed by atoms with E-state index in [1.807, 2.05) is 6.08 Å². The van der Waals surface area contributed by atoms with Crippen molar-refractivity contribution in [3.8, 4) is 0 Å². The van der Waals surface area contributed by atoms with Gasteiger partial charge in [-0.25, -0.2) is 0 Å². The minimum Gasteiger partial charge on any atom is -0.366 e. The molecule has 2 nitrogen and oxygen atoms in total. The van der Waals surface area contributed by atoms with E-state index in [9.17, 15) is 0 Å². The summed E-state index contributed by atoms with van der Waals surface area (Å²) >= 11 is 0. The van der Waals surface area contributed by atoms with Crippen molar-refractivity contribution in [3.63, 3.8) is 0 Å². The summed E-state index contributed by atoms with van der Waals surface area (Å²) in [6.07, 6.45) is 3.07. The minimum atomic E-state index is -0.0567. The number of nitrogens with two attached hydrogens (primary N) is 1. The van der Waals surface area contributed by atoms with Crippen molar-refractivity contribution in [3.05, 3.63) is 12.7 Å². The van der Waals surface area contributed by atoms with E-state index in [0.29, 0.717) is 12.5 Å². The zero-order valence-corrected chi connectivity index (χ0v) is 7.34. The van der Waals surface area contributed by atoms with Crippen LogP contribution in [0.3, 0.4) is 0 Å². The Hall–Kier alpha value is -0.340. The highest BCUT2D eigenvalue weighted by Crippen LogP contribution is 2.40. The minimum absolute atomic E-state index is 0.0567. The molecule has 1 saturated heterocycles. The Morgan fingerprint density at radius 1 is 1.73 bits per heavy atom. The highest BCUT2D eigenvalue weighted by atomic mass is 16.5. The Bertz CT molecular complexity index is 152. The van der Waals surface area contributed by atoms with Crippen LogP contribution in [0.1, 0.15) is 20.3 Å². The lowest BCUT2D eigenvalue weighted by atomic mass is 9.76. The molecule has 0 aliphatic carbocycles. The molecule has 0 spiro atoms. The van der Waals surface area contributed by atoms with Crippen LogP contribution < -0.4 is 5.73 Å². The topological polar surface area (TPSA) is 35.2 Å². The van der Waals surface area contributed by atoms with Gasteiger partial charge >= 0.3 is 0 Å². The lowest BCUT2D eigenvalue weighted by Crippen LogP contribution is -2.61. The highest BCUT2D eigenvalue weighted by Gasteiger charge is 2.49. The van der Waals surface area contributed by atoms with E-state index in [4.69, 9.17) is 10.5 Å². The summed E-state index contributed by atoms with van der Waals surface area (Å²) in [6.45, 7) is 8.61. The predicted molar refractivity (Wildman–Crippen MR) is 46.3 cm³/mol. The highest BCUT2D eigenvalue weighted by molar-refractivity contribution is 5.05. The Kier molecular flexibility index (Phi) is 2.35. The molecule has 1 heterocycles. The number of rotatable bonds is 3. The average Bonchev–Trinajstić information content (AvgIpc) is 2.05. The van der Waals surface area contributed by atoms with Crippen molar-refractivity contribution in [2.45, 2.75) is 32.0 Å². The van der Waals surface area contributed by atoms with E-state index in [-0.39, 0.29) is 11.7 Å². The van der Waals surface area contributed by atoms with E-state index in [2.05, 4.69) is 20.4 Å². The fourth-order valence-corrected chi connectivity index (χ4v) is 1.74. The summed E-state index contributed by atoms with van der Waals surface area (Å²) in [5, 5.41) is 0. The second-order valence-corrected chi connectivity index (χ2v) is 3.23. The van der Waals surface area contributed by atoms with Gasteiger partial charge in [0.15, 0.2) is 0 Å². The second-order valence-electron chi connectivity index (χ2n) is 3.23. The molecule has 0 aromatic heterocycles. The normalized spacial score (nSPS) is 43.2. The van der Waals surface area contributed by atoms with Crippen LogP contribution in [0.15, 0.2) is 12.7 Å². The maximum atomic E-state index is 5.64. The molecule has 0 bridgehead atoms. The summed E-state index contributed by atoms with van der Waals surface area (Å²) < 4.78 is 5.64. The monoisotopic (exact) mass is 155 g/mol. The van der Waals surface area contributed by atoms with Gasteiger partial charge in [-0.3, -0.25) is 0 Å². The Morgan fingerprint density at radius 3 is 2.64 bits per heavy atom. The van der Waals surface area contributed by atoms with Gasteiger partial charge in [-0.05, 0) is 6.42 Å². The largest absolute Gasteiger partial charge is 0.366 e. The van der Waals surface area contributed by atoms with E-state index < -0.39 is 0 Å². The quantitative estimate of drug-likeness (QED) is 0.624. The molecular formula is C9H17NO. The summed E-state index contributed by atoms with van der Waals surface area (Å²) in [5.41, 5.74) is 5.57. The maximum Gasteiger partial charge on any atom is 0.0862 e. The zero-order chi connectivity index (χ0) is 8.48. The lowest BCUT2D eigenvalue weighted by Gasteiger charge is -2.52. The van der Waals surface area contributed by atoms with Crippen molar-refractivity contribution < 1.29 is 4.74 Å². The predicted octanol–water partition coefficient (Wildman–Crippen LogP) is 1.31. The Balaban J connectivity index is 2.58. The third kappa shape index (κ3) is 1.10. The van der Waals surface area contributed by atoms with Gasteiger partial charge in [-0.15, -0.1) is 6.58 Å². The van der Waals surface area contributed by atoms with Crippen molar-refractivity contribution in [1.29, 1.82) is 0 Å². The molecule has 2 N–H and O–H groups in total. The summed E-state index contributed by atoms with van der Waals surface area (Å²) in [6, 6.07) is 0. The SMILES string of the molecule is C=CC1OC(CC)(CN)C1C. The first kappa shape index (κ1) is 8.75. The molecule has 0 aromatic carbocycles. The van der Waals surface area contributed by atoms with Crippen LogP contribution in [0.2, 0.25) is 0 Å². The summed E-state index contributed by atoms with van der Waals surface area (Å²) in [5.74, 6) is 0.523. The molecule has 1 aliphatic heterocycles. The molecule has 3 atom stereocenters. The fourth-order valence-electron chi connectivity index (χ4n) is 1.74. The number of ether oxygens (including phenoxy) is 1. The molecule has 0 aromatic rings. The van der Waals surface area contributed by atoms with Crippen LogP contribution >= 0.6 is 0 Å². The second kappa shape index (κ2) is 2.95. The molecule has 1 fully saturated rings. The van der Waals surface area contributed by atoms with E-state index in [1.54, 1.807) is 0 Å². The first-order valence-corrected chi connectivity index (χ1v) is 4.20. The van der Waals surface area contributed by atoms with Crippen LogP contribution in [0.25, 0.3) is 0 Å². The van der Waals surface area contributed by atoms with Gasteiger partial charge in [0.1, 0.15) is 0 Å². The van der Waals surface area contributed by atoms with Gasteiger partial charge in [-0.1, -0.05) is 19.9 Å². The standard InChI is InChI=1S/C9H17NO/c1-4-8-7(3)9(5-2,6-10)11-8/h4,7-8H,1,5-6,10H2,2-3H3. The number of hydrogen-bond acceptors (Lipinski definition) is 2. The number of hydrogen-bond donors (Lipinski definition) is 1. The van der Waals surface area contributed by atoms with Gasteiger partial charge < -0.3 is 10.5 Å². The molecule has 0 radical (unpaired) electrons. The average molecular weight is 155 g/mol. The van der Waals surface area contributed by atoms with Gasteiger partial charge in [0.25, 0.3) is 0 Å².